The van der Waals surface area contributed by atoms with Crippen molar-refractivity contribution in [2.24, 2.45) is 11.5 Å². The van der Waals surface area contributed by atoms with Gasteiger partial charge in [0.1, 0.15) is 23.0 Å². The molecule has 0 unspecified atom stereocenters. The van der Waals surface area contributed by atoms with Crippen LogP contribution < -0.4 is 31.6 Å². The molecule has 8 N–H and O–H groups in total. The van der Waals surface area contributed by atoms with Gasteiger partial charge in [-0.05, 0) is 55.1 Å². The lowest BCUT2D eigenvalue weighted by Crippen LogP contribution is -2.46. The SMILES string of the molecule is COc1ccc(S(=O)(=O)Nc2cc(C(C)(C)C)sc2C(=O)N[C@@H](CCCNC(N)N)C(=O)O)cc1. The maximum atomic E-state index is 13.1. The van der Waals surface area contributed by atoms with Gasteiger partial charge in [0.25, 0.3) is 15.9 Å². The van der Waals surface area contributed by atoms with Crippen molar-refractivity contribution in [1.29, 1.82) is 0 Å². The van der Waals surface area contributed by atoms with Crippen LogP contribution in [0.5, 0.6) is 5.75 Å². The van der Waals surface area contributed by atoms with Crippen molar-refractivity contribution < 1.29 is 27.9 Å². The number of methoxy groups -OCH3 is 1. The number of benzene rings is 1. The third kappa shape index (κ3) is 8.18. The van der Waals surface area contributed by atoms with Crippen LogP contribution in [0.4, 0.5) is 5.69 Å². The van der Waals surface area contributed by atoms with Gasteiger partial charge < -0.3 is 26.6 Å². The number of carboxylic acids is 1. The van der Waals surface area contributed by atoms with Gasteiger partial charge in [0.2, 0.25) is 0 Å². The normalized spacial score (nSPS) is 12.9. The van der Waals surface area contributed by atoms with Crippen LogP contribution in [-0.4, -0.2) is 51.4 Å². The molecule has 0 fully saturated rings. The molecule has 0 aliphatic heterocycles. The van der Waals surface area contributed by atoms with Crippen LogP contribution in [0.1, 0.15) is 48.2 Å². The Morgan fingerprint density at radius 1 is 1.17 bits per heavy atom. The van der Waals surface area contributed by atoms with Gasteiger partial charge in [0, 0.05) is 4.88 Å². The van der Waals surface area contributed by atoms with E-state index < -0.39 is 34.2 Å². The average Bonchev–Trinajstić information content (AvgIpc) is 3.19. The van der Waals surface area contributed by atoms with E-state index in [-0.39, 0.29) is 27.3 Å². The lowest BCUT2D eigenvalue weighted by atomic mass is 9.95. The number of thiophene rings is 1. The number of aliphatic carboxylic acids is 1. The Morgan fingerprint density at radius 3 is 2.31 bits per heavy atom. The van der Waals surface area contributed by atoms with Gasteiger partial charge >= 0.3 is 5.97 Å². The third-order valence-electron chi connectivity index (χ3n) is 4.94. The third-order valence-corrected chi connectivity index (χ3v) is 7.89. The molecular formula is C22H33N5O6S2. The summed E-state index contributed by atoms with van der Waals surface area (Å²) in [6, 6.07) is 6.23. The number of carbonyl (C=O) groups is 2. The second-order valence-electron chi connectivity index (χ2n) is 8.87. The van der Waals surface area contributed by atoms with Crippen molar-refractivity contribution in [3.05, 3.63) is 40.1 Å². The van der Waals surface area contributed by atoms with Crippen LogP contribution in [0.15, 0.2) is 35.2 Å². The van der Waals surface area contributed by atoms with Crippen LogP contribution in [0, 0.1) is 0 Å². The first kappa shape index (κ1) is 28.5. The van der Waals surface area contributed by atoms with Gasteiger partial charge in [-0.1, -0.05) is 20.8 Å². The lowest BCUT2D eigenvalue weighted by Gasteiger charge is -2.16. The second-order valence-corrected chi connectivity index (χ2v) is 11.6. The van der Waals surface area contributed by atoms with E-state index >= 15 is 0 Å². The number of ether oxygens (including phenoxy) is 1. The Kier molecular flexibility index (Phi) is 9.63. The summed E-state index contributed by atoms with van der Waals surface area (Å²) >= 11 is 1.11. The number of carboxylic acid groups (broad SMARTS) is 1. The van der Waals surface area contributed by atoms with Gasteiger partial charge in [-0.2, -0.15) is 0 Å². The fraction of sp³-hybridized carbons (Fsp3) is 0.455. The maximum absolute atomic E-state index is 13.1. The van der Waals surface area contributed by atoms with Crippen LogP contribution in [0.2, 0.25) is 0 Å². The first-order valence-corrected chi connectivity index (χ1v) is 13.1. The zero-order valence-electron chi connectivity index (χ0n) is 20.1. The summed E-state index contributed by atoms with van der Waals surface area (Å²) in [7, 11) is -2.55. The monoisotopic (exact) mass is 527 g/mol. The van der Waals surface area contributed by atoms with E-state index in [2.05, 4.69) is 15.4 Å². The fourth-order valence-electron chi connectivity index (χ4n) is 3.02. The van der Waals surface area contributed by atoms with Gasteiger partial charge in [-0.3, -0.25) is 14.8 Å². The van der Waals surface area contributed by atoms with Crippen molar-refractivity contribution >= 4 is 38.9 Å². The molecule has 1 heterocycles. The van der Waals surface area contributed by atoms with Crippen LogP contribution in [0.3, 0.4) is 0 Å². The van der Waals surface area contributed by atoms with Gasteiger partial charge in [-0.25, -0.2) is 13.2 Å². The maximum Gasteiger partial charge on any atom is 0.326 e. The molecule has 1 atom stereocenters. The van der Waals surface area contributed by atoms with Crippen molar-refractivity contribution in [2.75, 3.05) is 18.4 Å². The van der Waals surface area contributed by atoms with E-state index in [0.717, 1.165) is 16.2 Å². The number of sulfonamides is 1. The standard InChI is InChI=1S/C22H33N5O6S2/c1-22(2,3)17-12-16(27-35(31,32)14-9-7-13(33-4)8-10-14)18(34-17)19(28)26-15(20(29)30)6-5-11-25-21(23)24/h7-10,12,15,21,25,27H,5-6,11,23-24H2,1-4H3,(H,26,28)(H,29,30)/t15-/m0/s1. The van der Waals surface area contributed by atoms with Gasteiger partial charge in [0.15, 0.2) is 0 Å². The van der Waals surface area contributed by atoms with Crippen molar-refractivity contribution in [1.82, 2.24) is 10.6 Å². The molecule has 2 rings (SSSR count). The first-order valence-electron chi connectivity index (χ1n) is 10.8. The number of nitrogens with one attached hydrogen (secondary N) is 3. The number of carbonyl (C=O) groups excluding carboxylic acids is 1. The summed E-state index contributed by atoms with van der Waals surface area (Å²) in [5.74, 6) is -1.39. The highest BCUT2D eigenvalue weighted by molar-refractivity contribution is 7.92. The molecule has 11 nitrogen and oxygen atoms in total. The van der Waals surface area contributed by atoms with E-state index in [1.165, 1.54) is 31.4 Å². The molecule has 2 aromatic rings. The summed E-state index contributed by atoms with van der Waals surface area (Å²) < 4.78 is 33.5. The van der Waals surface area contributed by atoms with Crippen molar-refractivity contribution in [2.45, 2.75) is 56.3 Å². The molecular weight excluding hydrogens is 494 g/mol. The van der Waals surface area contributed by atoms with Crippen molar-refractivity contribution in [3.8, 4) is 5.75 Å². The van der Waals surface area contributed by atoms with E-state index in [1.807, 2.05) is 20.8 Å². The summed E-state index contributed by atoms with van der Waals surface area (Å²) in [5, 5.41) is 14.8. The molecule has 0 spiro atoms. The molecule has 0 saturated carbocycles. The smallest absolute Gasteiger partial charge is 0.326 e. The van der Waals surface area contributed by atoms with Crippen LogP contribution in [-0.2, 0) is 20.2 Å². The Labute approximate surface area is 209 Å². The Morgan fingerprint density at radius 2 is 1.80 bits per heavy atom. The van der Waals surface area contributed by atoms with Gasteiger partial charge in [0.05, 0.1) is 17.7 Å². The van der Waals surface area contributed by atoms with E-state index in [9.17, 15) is 23.1 Å². The Bertz CT molecular complexity index is 1120. The minimum absolute atomic E-state index is 0.0119. The number of amides is 1. The number of rotatable bonds is 12. The predicted molar refractivity (Wildman–Crippen MR) is 135 cm³/mol. The summed E-state index contributed by atoms with van der Waals surface area (Å²) in [6.07, 6.45) is -0.196. The zero-order valence-corrected chi connectivity index (χ0v) is 21.8. The Hall–Kier alpha value is -2.71. The van der Waals surface area contributed by atoms with E-state index in [4.69, 9.17) is 16.2 Å². The molecule has 0 saturated heterocycles. The first-order chi connectivity index (χ1) is 16.2. The number of hydrogen-bond acceptors (Lipinski definition) is 9. The molecule has 1 aromatic carbocycles. The summed E-state index contributed by atoms with van der Waals surface area (Å²) in [5.41, 5.74) is 10.5. The minimum atomic E-state index is -4.02. The number of anilines is 1. The molecule has 0 aliphatic rings. The molecule has 35 heavy (non-hydrogen) atoms. The number of nitrogens with two attached hydrogens (primary N) is 2. The van der Waals surface area contributed by atoms with Crippen LogP contribution in [0.25, 0.3) is 0 Å². The zero-order chi connectivity index (χ0) is 26.4. The van der Waals surface area contributed by atoms with E-state index in [1.54, 1.807) is 6.07 Å². The molecule has 13 heteroatoms. The molecule has 0 bridgehead atoms. The quantitative estimate of drug-likeness (QED) is 0.176. The molecule has 0 radical (unpaired) electrons. The van der Waals surface area contributed by atoms with E-state index in [0.29, 0.717) is 18.7 Å². The minimum Gasteiger partial charge on any atom is -0.497 e. The predicted octanol–water partition coefficient (Wildman–Crippen LogP) is 1.61. The lowest BCUT2D eigenvalue weighted by molar-refractivity contribution is -0.139. The summed E-state index contributed by atoms with van der Waals surface area (Å²) in [6.45, 7) is 6.16. The molecule has 1 amide bonds. The van der Waals surface area contributed by atoms with Crippen molar-refractivity contribution in [3.63, 3.8) is 0 Å². The fourth-order valence-corrected chi connectivity index (χ4v) is 5.22. The number of hydrogen-bond donors (Lipinski definition) is 6. The molecule has 1 aromatic heterocycles. The summed E-state index contributed by atoms with van der Waals surface area (Å²) in [4.78, 5) is 25.6. The van der Waals surface area contributed by atoms with Crippen LogP contribution >= 0.6 is 11.3 Å². The highest BCUT2D eigenvalue weighted by atomic mass is 32.2. The average molecular weight is 528 g/mol. The topological polar surface area (TPSA) is 186 Å². The highest BCUT2D eigenvalue weighted by Gasteiger charge is 2.28. The van der Waals surface area contributed by atoms with Gasteiger partial charge in [-0.15, -0.1) is 11.3 Å². The highest BCUT2D eigenvalue weighted by Crippen LogP contribution is 2.36. The second kappa shape index (κ2) is 11.8. The molecule has 0 aliphatic carbocycles. The molecule has 194 valence electrons. The largest absolute Gasteiger partial charge is 0.497 e. The Balaban J connectivity index is 2.30.